The van der Waals surface area contributed by atoms with Crippen LogP contribution in [0.5, 0.6) is 17.2 Å². The smallest absolute Gasteiger partial charge is 0.255 e. The molecule has 9 nitrogen and oxygen atoms in total. The van der Waals surface area contributed by atoms with Crippen LogP contribution in [0.25, 0.3) is 0 Å². The molecule has 3 aromatic rings. The number of methoxy groups -OCH3 is 2. The van der Waals surface area contributed by atoms with Gasteiger partial charge in [-0.1, -0.05) is 50.7 Å². The lowest BCUT2D eigenvalue weighted by Gasteiger charge is -2.29. The number of carbonyl (C=O) groups excluding carboxylic acids is 1. The van der Waals surface area contributed by atoms with Crippen molar-refractivity contribution < 1.29 is 19.0 Å². The number of thioether (sulfide) groups is 1. The van der Waals surface area contributed by atoms with E-state index in [0.717, 1.165) is 24.2 Å². The van der Waals surface area contributed by atoms with E-state index in [-0.39, 0.29) is 5.91 Å². The van der Waals surface area contributed by atoms with Gasteiger partial charge in [-0.05, 0) is 55.5 Å². The van der Waals surface area contributed by atoms with Gasteiger partial charge in [0.25, 0.3) is 5.91 Å². The highest BCUT2D eigenvalue weighted by Crippen LogP contribution is 2.40. The summed E-state index contributed by atoms with van der Waals surface area (Å²) in [6, 6.07) is 12.5. The minimum Gasteiger partial charge on any atom is -0.495 e. The van der Waals surface area contributed by atoms with Gasteiger partial charge >= 0.3 is 0 Å². The fourth-order valence-electron chi connectivity index (χ4n) is 4.30. The van der Waals surface area contributed by atoms with E-state index in [9.17, 15) is 4.79 Å². The van der Waals surface area contributed by atoms with Gasteiger partial charge in [0.1, 0.15) is 11.8 Å². The van der Waals surface area contributed by atoms with E-state index in [1.807, 2.05) is 49.4 Å². The molecule has 1 amide bonds. The zero-order valence-electron chi connectivity index (χ0n) is 23.4. The molecule has 1 atom stereocenters. The first-order valence-corrected chi connectivity index (χ1v) is 14.2. The number of anilines is 2. The summed E-state index contributed by atoms with van der Waals surface area (Å²) in [5.41, 5.74) is 2.61. The second kappa shape index (κ2) is 12.9. The maximum Gasteiger partial charge on any atom is 0.255 e. The van der Waals surface area contributed by atoms with Crippen LogP contribution in [0.1, 0.15) is 52.1 Å². The third-order valence-electron chi connectivity index (χ3n) is 6.32. The summed E-state index contributed by atoms with van der Waals surface area (Å²) in [5, 5.41) is 11.8. The minimum absolute atomic E-state index is 0.269. The van der Waals surface area contributed by atoms with Crippen LogP contribution in [0.4, 0.5) is 11.6 Å². The Balaban J connectivity index is 1.75. The van der Waals surface area contributed by atoms with Crippen molar-refractivity contribution in [2.45, 2.75) is 51.7 Å². The molecule has 10 heteroatoms. The first-order valence-electron chi connectivity index (χ1n) is 13.2. The molecule has 4 rings (SSSR count). The fourth-order valence-corrected chi connectivity index (χ4v) is 4.99. The SMILES string of the molecule is CCCSc1nc2n(n1)C(c1ccc(OCCC(C)C)c(OC)c1)C(C(=O)Nc1ccccc1OC)=C(C)N2. The molecule has 208 valence electrons. The maximum absolute atomic E-state index is 13.9. The molecule has 2 aromatic carbocycles. The standard InChI is InChI=1S/C29H37N5O4S/c1-7-16-39-29-32-28-30-19(4)25(27(35)31-21-10-8-9-11-22(21)36-5)26(34(28)33-29)20-12-13-23(24(17-20)37-6)38-15-14-18(2)3/h8-13,17-18,26H,7,14-16H2,1-6H3,(H,31,35)(H,30,32,33). The van der Waals surface area contributed by atoms with Gasteiger partial charge in [-0.3, -0.25) is 4.79 Å². The molecule has 0 aliphatic carbocycles. The number of carbonyl (C=O) groups is 1. The first kappa shape index (κ1) is 28.4. The predicted molar refractivity (Wildman–Crippen MR) is 155 cm³/mol. The number of benzene rings is 2. The third-order valence-corrected chi connectivity index (χ3v) is 7.37. The van der Waals surface area contributed by atoms with Crippen molar-refractivity contribution in [2.75, 3.05) is 37.2 Å². The molecule has 0 saturated carbocycles. The Kier molecular flexibility index (Phi) is 9.40. The molecular weight excluding hydrogens is 514 g/mol. The van der Waals surface area contributed by atoms with Gasteiger partial charge in [-0.15, -0.1) is 5.10 Å². The Morgan fingerprint density at radius 3 is 2.62 bits per heavy atom. The Morgan fingerprint density at radius 2 is 1.90 bits per heavy atom. The average molecular weight is 552 g/mol. The molecule has 1 aliphatic heterocycles. The summed E-state index contributed by atoms with van der Waals surface area (Å²) < 4.78 is 19.0. The highest BCUT2D eigenvalue weighted by atomic mass is 32.2. The van der Waals surface area contributed by atoms with Crippen LogP contribution < -0.4 is 24.8 Å². The molecule has 0 spiro atoms. The summed E-state index contributed by atoms with van der Waals surface area (Å²) >= 11 is 1.59. The van der Waals surface area contributed by atoms with Gasteiger partial charge in [-0.25, -0.2) is 4.68 Å². The fraction of sp³-hybridized carbons (Fsp3) is 0.414. The Bertz CT molecular complexity index is 1340. The number of hydrogen-bond acceptors (Lipinski definition) is 8. The number of hydrogen-bond donors (Lipinski definition) is 2. The van der Waals surface area contributed by atoms with Crippen molar-refractivity contribution in [3.05, 3.63) is 59.3 Å². The van der Waals surface area contributed by atoms with Crippen LogP contribution in [0.15, 0.2) is 58.9 Å². The second-order valence-corrected chi connectivity index (χ2v) is 10.7. The zero-order valence-corrected chi connectivity index (χ0v) is 24.2. The van der Waals surface area contributed by atoms with E-state index < -0.39 is 6.04 Å². The molecule has 0 saturated heterocycles. The van der Waals surface area contributed by atoms with Gasteiger partial charge in [-0.2, -0.15) is 4.98 Å². The van der Waals surface area contributed by atoms with Gasteiger partial charge < -0.3 is 24.8 Å². The lowest BCUT2D eigenvalue weighted by atomic mass is 9.94. The van der Waals surface area contributed by atoms with E-state index in [2.05, 4.69) is 31.4 Å². The number of nitrogens with one attached hydrogen (secondary N) is 2. The molecule has 1 aromatic heterocycles. The van der Waals surface area contributed by atoms with E-state index in [1.54, 1.807) is 30.7 Å². The van der Waals surface area contributed by atoms with Crippen LogP contribution in [0.3, 0.4) is 0 Å². The summed E-state index contributed by atoms with van der Waals surface area (Å²) in [5.74, 6) is 3.59. The molecule has 0 fully saturated rings. The quantitative estimate of drug-likeness (QED) is 0.259. The van der Waals surface area contributed by atoms with Gasteiger partial charge in [0.15, 0.2) is 11.5 Å². The normalized spacial score (nSPS) is 14.6. The molecular formula is C29H37N5O4S. The second-order valence-electron chi connectivity index (χ2n) is 9.67. The van der Waals surface area contributed by atoms with Crippen molar-refractivity contribution in [2.24, 2.45) is 5.92 Å². The largest absolute Gasteiger partial charge is 0.495 e. The number of para-hydroxylation sites is 2. The summed E-state index contributed by atoms with van der Waals surface area (Å²) in [6.07, 6.45) is 1.94. The summed E-state index contributed by atoms with van der Waals surface area (Å²) in [6.45, 7) is 8.91. The topological polar surface area (TPSA) is 99.5 Å². The van der Waals surface area contributed by atoms with Crippen LogP contribution in [-0.2, 0) is 4.79 Å². The van der Waals surface area contributed by atoms with Crippen LogP contribution in [0.2, 0.25) is 0 Å². The lowest BCUT2D eigenvalue weighted by molar-refractivity contribution is -0.113. The molecule has 2 heterocycles. The highest BCUT2D eigenvalue weighted by molar-refractivity contribution is 7.99. The molecule has 0 radical (unpaired) electrons. The Morgan fingerprint density at radius 1 is 1.13 bits per heavy atom. The highest BCUT2D eigenvalue weighted by Gasteiger charge is 2.35. The van der Waals surface area contributed by atoms with Crippen LogP contribution in [0, 0.1) is 5.92 Å². The maximum atomic E-state index is 13.9. The van der Waals surface area contributed by atoms with E-state index in [1.165, 1.54) is 0 Å². The van der Waals surface area contributed by atoms with Crippen molar-refractivity contribution in [1.29, 1.82) is 0 Å². The minimum atomic E-state index is -0.543. The number of fused-ring (bicyclic) bond motifs is 1. The monoisotopic (exact) mass is 551 g/mol. The number of aromatic nitrogens is 3. The first-order chi connectivity index (χ1) is 18.9. The molecule has 0 bridgehead atoms. The van der Waals surface area contributed by atoms with E-state index >= 15 is 0 Å². The van der Waals surface area contributed by atoms with Crippen molar-refractivity contribution in [3.63, 3.8) is 0 Å². The molecule has 39 heavy (non-hydrogen) atoms. The van der Waals surface area contributed by atoms with Crippen LogP contribution in [-0.4, -0.2) is 47.3 Å². The number of rotatable bonds is 12. The summed E-state index contributed by atoms with van der Waals surface area (Å²) in [4.78, 5) is 18.6. The number of ether oxygens (including phenoxy) is 3. The Hall–Kier alpha value is -3.66. The molecule has 2 N–H and O–H groups in total. The molecule has 1 aliphatic rings. The van der Waals surface area contributed by atoms with E-state index in [0.29, 0.717) is 57.8 Å². The van der Waals surface area contributed by atoms with Crippen LogP contribution >= 0.6 is 11.8 Å². The van der Waals surface area contributed by atoms with Gasteiger partial charge in [0, 0.05) is 11.4 Å². The third kappa shape index (κ3) is 6.50. The van der Waals surface area contributed by atoms with Gasteiger partial charge in [0.2, 0.25) is 11.1 Å². The average Bonchev–Trinajstić information content (AvgIpc) is 3.33. The van der Waals surface area contributed by atoms with E-state index in [4.69, 9.17) is 24.3 Å². The zero-order chi connectivity index (χ0) is 27.9. The van der Waals surface area contributed by atoms with Crippen molar-refractivity contribution in [3.8, 4) is 17.2 Å². The number of nitrogens with zero attached hydrogens (tertiary/aromatic N) is 3. The predicted octanol–water partition coefficient (Wildman–Crippen LogP) is 6.15. The molecule has 1 unspecified atom stereocenters. The summed E-state index contributed by atoms with van der Waals surface area (Å²) in [7, 11) is 3.20. The Labute approximate surface area is 234 Å². The van der Waals surface area contributed by atoms with Gasteiger partial charge in [0.05, 0.1) is 32.1 Å². The number of allylic oxidation sites excluding steroid dienone is 1. The van der Waals surface area contributed by atoms with Crippen molar-refractivity contribution >= 4 is 29.3 Å². The number of amides is 1. The van der Waals surface area contributed by atoms with Crippen molar-refractivity contribution in [1.82, 2.24) is 14.8 Å². The lowest BCUT2D eigenvalue weighted by Crippen LogP contribution is -2.31.